The van der Waals surface area contributed by atoms with E-state index in [4.69, 9.17) is 5.11 Å². The van der Waals surface area contributed by atoms with E-state index in [1.807, 2.05) is 6.07 Å². The number of carboxylic acids is 1. The largest absolute Gasteiger partial charge is 0.481 e. The molecule has 32 heavy (non-hydrogen) atoms. The van der Waals surface area contributed by atoms with Crippen LogP contribution in [0.15, 0.2) is 36.4 Å². The molecule has 5 nitrogen and oxygen atoms in total. The molecule has 0 unspecified atom stereocenters. The normalized spacial score (nSPS) is 14.3. The molecule has 1 aromatic carbocycles. The fourth-order valence-corrected chi connectivity index (χ4v) is 4.00. The number of fused-ring (bicyclic) bond motifs is 1. The molecule has 0 fully saturated rings. The van der Waals surface area contributed by atoms with Crippen LogP contribution in [0.4, 0.5) is 19.0 Å². The van der Waals surface area contributed by atoms with Gasteiger partial charge in [0.05, 0.1) is 12.0 Å². The molecule has 1 atom stereocenters. The van der Waals surface area contributed by atoms with E-state index in [0.717, 1.165) is 55.9 Å². The Labute approximate surface area is 185 Å². The maximum Gasteiger partial charge on any atom is 0.416 e. The molecule has 0 amide bonds. The van der Waals surface area contributed by atoms with Crippen molar-refractivity contribution in [1.82, 2.24) is 4.98 Å². The molecule has 0 spiro atoms. The van der Waals surface area contributed by atoms with Crippen LogP contribution in [-0.4, -0.2) is 28.4 Å². The molecule has 0 aliphatic carbocycles. The van der Waals surface area contributed by atoms with Gasteiger partial charge in [-0.2, -0.15) is 13.2 Å². The maximum atomic E-state index is 13.0. The summed E-state index contributed by atoms with van der Waals surface area (Å²) in [5.41, 5.74) is 1.55. The molecule has 0 radical (unpaired) electrons. The van der Waals surface area contributed by atoms with Gasteiger partial charge in [-0.15, -0.1) is 0 Å². The fourth-order valence-electron chi connectivity index (χ4n) is 4.00. The second kappa shape index (κ2) is 10.6. The van der Waals surface area contributed by atoms with Gasteiger partial charge < -0.3 is 10.4 Å². The van der Waals surface area contributed by atoms with E-state index in [-0.39, 0.29) is 30.6 Å². The number of alkyl halides is 3. The topological polar surface area (TPSA) is 79.3 Å². The summed E-state index contributed by atoms with van der Waals surface area (Å²) in [5.74, 6) is -1.14. The number of ketones is 1. The molecule has 2 N–H and O–H groups in total. The average molecular weight is 448 g/mol. The second-order valence-corrected chi connectivity index (χ2v) is 8.21. The van der Waals surface area contributed by atoms with Gasteiger partial charge in [-0.05, 0) is 55.4 Å². The number of carbonyl (C=O) groups is 2. The first-order valence-corrected chi connectivity index (χ1v) is 10.9. The number of aromatic nitrogens is 1. The van der Waals surface area contributed by atoms with Crippen molar-refractivity contribution in [3.63, 3.8) is 0 Å². The lowest BCUT2D eigenvalue weighted by molar-refractivity contribution is -0.138. The Kier molecular flexibility index (Phi) is 7.88. The Morgan fingerprint density at radius 3 is 2.69 bits per heavy atom. The van der Waals surface area contributed by atoms with Crippen LogP contribution in [0, 0.1) is 0 Å². The van der Waals surface area contributed by atoms with Crippen LogP contribution in [0.25, 0.3) is 0 Å². The molecule has 2 heterocycles. The second-order valence-electron chi connectivity index (χ2n) is 8.21. The Morgan fingerprint density at radius 1 is 1.12 bits per heavy atom. The van der Waals surface area contributed by atoms with E-state index >= 15 is 0 Å². The SMILES string of the molecule is O=C(O)C[C@H](CC(=O)CCCCc1ccc2c(n1)NCCC2)c1cccc(C(F)(F)F)c1. The minimum Gasteiger partial charge on any atom is -0.481 e. The van der Waals surface area contributed by atoms with Gasteiger partial charge in [0.2, 0.25) is 0 Å². The molecule has 0 saturated carbocycles. The number of benzene rings is 1. The summed E-state index contributed by atoms with van der Waals surface area (Å²) in [6.45, 7) is 0.918. The van der Waals surface area contributed by atoms with Crippen molar-refractivity contribution < 1.29 is 27.9 Å². The van der Waals surface area contributed by atoms with Crippen molar-refractivity contribution in [3.05, 3.63) is 58.8 Å². The smallest absolute Gasteiger partial charge is 0.416 e. The summed E-state index contributed by atoms with van der Waals surface area (Å²) in [5, 5.41) is 12.5. The number of Topliss-reactive ketones (excluding diaryl/α,β-unsaturated/α-hetero) is 1. The number of unbranched alkanes of at least 4 members (excludes halogenated alkanes) is 1. The molecule has 0 saturated heterocycles. The van der Waals surface area contributed by atoms with Crippen LogP contribution in [0.3, 0.4) is 0 Å². The summed E-state index contributed by atoms with van der Waals surface area (Å²) < 4.78 is 39.0. The molecular formula is C24H27F3N2O3. The van der Waals surface area contributed by atoms with Crippen LogP contribution in [0.5, 0.6) is 0 Å². The third kappa shape index (κ3) is 6.80. The monoisotopic (exact) mass is 448 g/mol. The summed E-state index contributed by atoms with van der Waals surface area (Å²) >= 11 is 0. The number of aryl methyl sites for hydroxylation is 2. The summed E-state index contributed by atoms with van der Waals surface area (Å²) in [7, 11) is 0. The van der Waals surface area contributed by atoms with Crippen molar-refractivity contribution in [2.24, 2.45) is 0 Å². The van der Waals surface area contributed by atoms with Gasteiger partial charge in [0.25, 0.3) is 0 Å². The van der Waals surface area contributed by atoms with Crippen molar-refractivity contribution in [1.29, 1.82) is 0 Å². The Hall–Kier alpha value is -2.90. The number of rotatable bonds is 10. The van der Waals surface area contributed by atoms with Crippen molar-refractivity contribution in [3.8, 4) is 0 Å². The lowest BCUT2D eigenvalue weighted by atomic mass is 9.88. The van der Waals surface area contributed by atoms with E-state index in [9.17, 15) is 22.8 Å². The van der Waals surface area contributed by atoms with Crippen LogP contribution in [0.2, 0.25) is 0 Å². The van der Waals surface area contributed by atoms with Gasteiger partial charge in [0, 0.05) is 31.0 Å². The number of hydrogen-bond donors (Lipinski definition) is 2. The highest BCUT2D eigenvalue weighted by molar-refractivity contribution is 5.80. The van der Waals surface area contributed by atoms with E-state index < -0.39 is 23.6 Å². The minimum absolute atomic E-state index is 0.0887. The first-order valence-electron chi connectivity index (χ1n) is 10.9. The number of carbonyl (C=O) groups excluding carboxylic acids is 1. The highest BCUT2D eigenvalue weighted by Gasteiger charge is 2.31. The van der Waals surface area contributed by atoms with Gasteiger partial charge >= 0.3 is 12.1 Å². The Bertz CT molecular complexity index is 960. The van der Waals surface area contributed by atoms with E-state index in [2.05, 4.69) is 16.4 Å². The predicted molar refractivity (Wildman–Crippen MR) is 115 cm³/mol. The zero-order valence-corrected chi connectivity index (χ0v) is 17.8. The number of anilines is 1. The molecule has 3 rings (SSSR count). The average Bonchev–Trinajstić information content (AvgIpc) is 2.75. The number of nitrogens with zero attached hydrogens (tertiary/aromatic N) is 1. The number of hydrogen-bond acceptors (Lipinski definition) is 4. The molecular weight excluding hydrogens is 421 g/mol. The van der Waals surface area contributed by atoms with Crippen LogP contribution < -0.4 is 5.32 Å². The Balaban J connectivity index is 1.53. The molecule has 2 aromatic rings. The van der Waals surface area contributed by atoms with Crippen molar-refractivity contribution >= 4 is 17.6 Å². The zero-order valence-electron chi connectivity index (χ0n) is 17.8. The summed E-state index contributed by atoms with van der Waals surface area (Å²) in [6.07, 6.45) is -0.514. The number of nitrogens with one attached hydrogen (secondary N) is 1. The highest BCUT2D eigenvalue weighted by Crippen LogP contribution is 2.33. The number of halogens is 3. The van der Waals surface area contributed by atoms with E-state index in [1.54, 1.807) is 0 Å². The highest BCUT2D eigenvalue weighted by atomic mass is 19.4. The molecule has 8 heteroatoms. The number of aliphatic carboxylic acids is 1. The predicted octanol–water partition coefficient (Wildman–Crippen LogP) is 5.39. The summed E-state index contributed by atoms with van der Waals surface area (Å²) in [4.78, 5) is 28.3. The summed E-state index contributed by atoms with van der Waals surface area (Å²) in [6, 6.07) is 8.67. The minimum atomic E-state index is -4.52. The quantitative estimate of drug-likeness (QED) is 0.477. The van der Waals surface area contributed by atoms with Gasteiger partial charge in [-0.3, -0.25) is 9.59 Å². The first-order chi connectivity index (χ1) is 15.2. The standard InChI is InChI=1S/C24H27F3N2O3/c25-24(26,27)19-7-3-5-17(13-19)18(15-22(31)32)14-21(30)9-2-1-8-20-11-10-16-6-4-12-28-23(16)29-20/h3,5,7,10-11,13,18H,1-2,4,6,8-9,12,14-15H2,(H,28,29)(H,31,32)/t18-/m0/s1. The third-order valence-corrected chi connectivity index (χ3v) is 5.67. The zero-order chi connectivity index (χ0) is 23.1. The van der Waals surface area contributed by atoms with Crippen molar-refractivity contribution in [2.45, 2.75) is 63.5 Å². The van der Waals surface area contributed by atoms with Crippen LogP contribution in [-0.2, 0) is 28.6 Å². The lowest BCUT2D eigenvalue weighted by Crippen LogP contribution is -2.14. The van der Waals surface area contributed by atoms with Gasteiger partial charge in [-0.25, -0.2) is 4.98 Å². The van der Waals surface area contributed by atoms with Gasteiger partial charge in [0.1, 0.15) is 11.6 Å². The third-order valence-electron chi connectivity index (χ3n) is 5.67. The van der Waals surface area contributed by atoms with Crippen molar-refractivity contribution in [2.75, 3.05) is 11.9 Å². The first kappa shape index (κ1) is 23.8. The fraction of sp³-hybridized carbons (Fsp3) is 0.458. The van der Waals surface area contributed by atoms with Crippen LogP contribution >= 0.6 is 0 Å². The lowest BCUT2D eigenvalue weighted by Gasteiger charge is -2.17. The molecule has 1 aliphatic heterocycles. The van der Waals surface area contributed by atoms with Crippen LogP contribution in [0.1, 0.15) is 66.8 Å². The molecule has 0 bridgehead atoms. The molecule has 1 aromatic heterocycles. The molecule has 1 aliphatic rings. The van der Waals surface area contributed by atoms with Gasteiger partial charge in [-0.1, -0.05) is 24.3 Å². The van der Waals surface area contributed by atoms with Gasteiger partial charge in [0.15, 0.2) is 0 Å². The Morgan fingerprint density at radius 2 is 1.94 bits per heavy atom. The number of pyridine rings is 1. The molecule has 172 valence electrons. The maximum absolute atomic E-state index is 13.0. The number of carboxylic acid groups (broad SMARTS) is 1. The van der Waals surface area contributed by atoms with E-state index in [0.29, 0.717) is 6.42 Å². The van der Waals surface area contributed by atoms with E-state index in [1.165, 1.54) is 17.7 Å².